The molecular weight excluding hydrogens is 499 g/mol. The van der Waals surface area contributed by atoms with Crippen LogP contribution < -0.4 is 14.8 Å². The van der Waals surface area contributed by atoms with Gasteiger partial charge in [-0.25, -0.2) is 4.39 Å². The van der Waals surface area contributed by atoms with Crippen molar-refractivity contribution in [2.24, 2.45) is 0 Å². The van der Waals surface area contributed by atoms with Gasteiger partial charge in [0.2, 0.25) is 11.8 Å². The first-order valence-electron chi connectivity index (χ1n) is 13.1. The van der Waals surface area contributed by atoms with Crippen LogP contribution in [0.2, 0.25) is 0 Å². The number of carbonyl (C=O) groups is 2. The predicted octanol–water partition coefficient (Wildman–Crippen LogP) is 4.57. The highest BCUT2D eigenvalue weighted by Crippen LogP contribution is 2.28. The topological polar surface area (TPSA) is 77.1 Å². The Morgan fingerprint density at radius 2 is 1.59 bits per heavy atom. The van der Waals surface area contributed by atoms with E-state index in [-0.39, 0.29) is 30.6 Å². The molecule has 0 spiro atoms. The van der Waals surface area contributed by atoms with Crippen LogP contribution in [0.4, 0.5) is 4.39 Å². The number of hydrogen-bond donors (Lipinski definition) is 1. The van der Waals surface area contributed by atoms with Crippen molar-refractivity contribution in [1.29, 1.82) is 0 Å². The predicted molar refractivity (Wildman–Crippen MR) is 148 cm³/mol. The minimum Gasteiger partial charge on any atom is -0.493 e. The van der Waals surface area contributed by atoms with E-state index in [1.54, 1.807) is 42.3 Å². The molecule has 3 aromatic carbocycles. The van der Waals surface area contributed by atoms with E-state index < -0.39 is 6.04 Å². The normalized spacial score (nSPS) is 11.5. The van der Waals surface area contributed by atoms with Gasteiger partial charge in [-0.2, -0.15) is 0 Å². The zero-order valence-electron chi connectivity index (χ0n) is 22.8. The quantitative estimate of drug-likeness (QED) is 0.288. The fraction of sp³-hybridized carbons (Fsp3) is 0.355. The minimum atomic E-state index is -0.780. The summed E-state index contributed by atoms with van der Waals surface area (Å²) >= 11 is 0. The summed E-state index contributed by atoms with van der Waals surface area (Å²) in [6, 6.07) is 20.1. The van der Waals surface area contributed by atoms with E-state index in [9.17, 15) is 14.0 Å². The molecule has 7 nitrogen and oxygen atoms in total. The van der Waals surface area contributed by atoms with Crippen LogP contribution in [0.3, 0.4) is 0 Å². The van der Waals surface area contributed by atoms with Gasteiger partial charge in [0.25, 0.3) is 0 Å². The number of ether oxygens (including phenoxy) is 3. The fourth-order valence-corrected chi connectivity index (χ4v) is 4.26. The summed E-state index contributed by atoms with van der Waals surface area (Å²) in [7, 11) is 3.09. The second-order valence-electron chi connectivity index (χ2n) is 9.06. The van der Waals surface area contributed by atoms with Gasteiger partial charge in [0, 0.05) is 32.7 Å². The third-order valence-electron chi connectivity index (χ3n) is 6.31. The zero-order valence-corrected chi connectivity index (χ0v) is 22.8. The van der Waals surface area contributed by atoms with Crippen LogP contribution in [0.1, 0.15) is 30.0 Å². The van der Waals surface area contributed by atoms with Gasteiger partial charge in [0.05, 0.1) is 20.6 Å². The van der Waals surface area contributed by atoms with Gasteiger partial charge in [0.15, 0.2) is 11.5 Å². The molecule has 3 aromatic rings. The van der Waals surface area contributed by atoms with Crippen molar-refractivity contribution >= 4 is 11.8 Å². The number of methoxy groups -OCH3 is 2. The van der Waals surface area contributed by atoms with E-state index in [1.165, 1.54) is 19.2 Å². The number of rotatable bonds is 15. The van der Waals surface area contributed by atoms with Crippen molar-refractivity contribution in [1.82, 2.24) is 10.2 Å². The van der Waals surface area contributed by atoms with E-state index in [4.69, 9.17) is 14.2 Å². The Labute approximate surface area is 229 Å². The van der Waals surface area contributed by atoms with Gasteiger partial charge in [-0.1, -0.05) is 48.5 Å². The molecule has 0 bridgehead atoms. The van der Waals surface area contributed by atoms with Crippen LogP contribution in [0.25, 0.3) is 0 Å². The molecule has 0 heterocycles. The van der Waals surface area contributed by atoms with Gasteiger partial charge >= 0.3 is 0 Å². The molecule has 0 aliphatic rings. The van der Waals surface area contributed by atoms with E-state index in [1.807, 2.05) is 37.3 Å². The standard InChI is InChI=1S/C31H37FN2O5/c1-4-39-18-8-17-33-31(36)27(19-23-9-6-5-7-10-23)34(22-24-11-14-26(32)15-12-24)30(35)21-25-13-16-28(37-2)29(20-25)38-3/h5-7,9-16,20,27H,4,8,17-19,21-22H2,1-3H3,(H,33,36)/t27-/m0/s1. The minimum absolute atomic E-state index is 0.0461. The molecule has 208 valence electrons. The molecule has 0 aromatic heterocycles. The molecule has 0 radical (unpaired) electrons. The number of carbonyl (C=O) groups excluding carboxylic acids is 2. The third kappa shape index (κ3) is 9.11. The SMILES string of the molecule is CCOCCCNC(=O)[C@H](Cc1ccccc1)N(Cc1ccc(F)cc1)C(=O)Cc1ccc(OC)c(OC)c1. The summed E-state index contributed by atoms with van der Waals surface area (Å²) in [5.41, 5.74) is 2.37. The van der Waals surface area contributed by atoms with Crippen LogP contribution in [0, 0.1) is 5.82 Å². The molecule has 1 N–H and O–H groups in total. The average Bonchev–Trinajstić information content (AvgIpc) is 2.96. The van der Waals surface area contributed by atoms with Crippen LogP contribution >= 0.6 is 0 Å². The van der Waals surface area contributed by atoms with E-state index in [0.29, 0.717) is 44.1 Å². The van der Waals surface area contributed by atoms with Crippen LogP contribution in [-0.4, -0.2) is 56.7 Å². The molecule has 2 amide bonds. The highest BCUT2D eigenvalue weighted by molar-refractivity contribution is 5.88. The average molecular weight is 537 g/mol. The smallest absolute Gasteiger partial charge is 0.243 e. The molecule has 0 fully saturated rings. The molecule has 0 saturated heterocycles. The Balaban J connectivity index is 1.91. The van der Waals surface area contributed by atoms with E-state index in [2.05, 4.69) is 5.32 Å². The summed E-state index contributed by atoms with van der Waals surface area (Å²) in [5, 5.41) is 2.98. The van der Waals surface area contributed by atoms with Crippen molar-refractivity contribution in [3.05, 3.63) is 95.3 Å². The van der Waals surface area contributed by atoms with Crippen molar-refractivity contribution < 1.29 is 28.2 Å². The molecule has 0 aliphatic carbocycles. The highest BCUT2D eigenvalue weighted by Gasteiger charge is 2.30. The maximum absolute atomic E-state index is 13.9. The Bertz CT molecular complexity index is 1190. The fourth-order valence-electron chi connectivity index (χ4n) is 4.26. The molecule has 39 heavy (non-hydrogen) atoms. The Morgan fingerprint density at radius 3 is 2.26 bits per heavy atom. The van der Waals surface area contributed by atoms with E-state index in [0.717, 1.165) is 16.7 Å². The lowest BCUT2D eigenvalue weighted by molar-refractivity contribution is -0.140. The Kier molecular flexibility index (Phi) is 11.8. The molecule has 3 rings (SSSR count). The Morgan fingerprint density at radius 1 is 0.897 bits per heavy atom. The summed E-state index contributed by atoms with van der Waals surface area (Å²) < 4.78 is 29.7. The largest absolute Gasteiger partial charge is 0.493 e. The zero-order chi connectivity index (χ0) is 28.0. The number of benzene rings is 3. The van der Waals surface area contributed by atoms with Gasteiger partial charge in [-0.3, -0.25) is 9.59 Å². The number of nitrogens with one attached hydrogen (secondary N) is 1. The second kappa shape index (κ2) is 15.5. The van der Waals surface area contributed by atoms with Crippen molar-refractivity contribution in [3.63, 3.8) is 0 Å². The number of nitrogens with zero attached hydrogens (tertiary/aromatic N) is 1. The monoisotopic (exact) mass is 536 g/mol. The first kappa shape index (κ1) is 29.6. The summed E-state index contributed by atoms with van der Waals surface area (Å²) in [6.45, 7) is 3.65. The lowest BCUT2D eigenvalue weighted by Crippen LogP contribution is -2.51. The van der Waals surface area contributed by atoms with Gasteiger partial charge < -0.3 is 24.4 Å². The van der Waals surface area contributed by atoms with Gasteiger partial charge in [-0.05, 0) is 54.3 Å². The van der Waals surface area contributed by atoms with E-state index >= 15 is 0 Å². The third-order valence-corrected chi connectivity index (χ3v) is 6.31. The first-order chi connectivity index (χ1) is 18.9. The molecular formula is C31H37FN2O5. The lowest BCUT2D eigenvalue weighted by Gasteiger charge is -2.32. The lowest BCUT2D eigenvalue weighted by atomic mass is 10.0. The van der Waals surface area contributed by atoms with Crippen LogP contribution in [0.15, 0.2) is 72.8 Å². The highest BCUT2D eigenvalue weighted by atomic mass is 19.1. The number of hydrogen-bond acceptors (Lipinski definition) is 5. The van der Waals surface area contributed by atoms with Crippen LogP contribution in [-0.2, 0) is 33.7 Å². The van der Waals surface area contributed by atoms with Crippen LogP contribution in [0.5, 0.6) is 11.5 Å². The van der Waals surface area contributed by atoms with Crippen molar-refractivity contribution in [3.8, 4) is 11.5 Å². The molecule has 1 atom stereocenters. The maximum atomic E-state index is 13.9. The van der Waals surface area contributed by atoms with Gasteiger partial charge in [0.1, 0.15) is 11.9 Å². The molecule has 0 saturated carbocycles. The summed E-state index contributed by atoms with van der Waals surface area (Å²) in [4.78, 5) is 29.0. The first-order valence-corrected chi connectivity index (χ1v) is 13.1. The number of amides is 2. The molecule has 0 unspecified atom stereocenters. The maximum Gasteiger partial charge on any atom is 0.243 e. The Hall–Kier alpha value is -3.91. The molecule has 0 aliphatic heterocycles. The summed E-state index contributed by atoms with van der Waals surface area (Å²) in [5.74, 6) is 0.218. The number of halogens is 1. The second-order valence-corrected chi connectivity index (χ2v) is 9.06. The van der Waals surface area contributed by atoms with Gasteiger partial charge in [-0.15, -0.1) is 0 Å². The molecule has 8 heteroatoms. The van der Waals surface area contributed by atoms with Crippen molar-refractivity contribution in [2.75, 3.05) is 34.0 Å². The van der Waals surface area contributed by atoms with Crippen molar-refractivity contribution in [2.45, 2.75) is 38.8 Å². The summed E-state index contributed by atoms with van der Waals surface area (Å²) in [6.07, 6.45) is 1.04.